The minimum atomic E-state index is -0.514. The molecule has 12 rings (SSSR count). The number of rotatable bonds is 6. The first-order valence-corrected chi connectivity index (χ1v) is 20.5. The Labute approximate surface area is 347 Å². The van der Waals surface area contributed by atoms with Gasteiger partial charge in [-0.3, -0.25) is 0 Å². The van der Waals surface area contributed by atoms with Gasteiger partial charge in [0.05, 0.1) is 16.8 Å². The number of para-hydroxylation sites is 2. The first-order chi connectivity index (χ1) is 29.7. The summed E-state index contributed by atoms with van der Waals surface area (Å²) in [7, 11) is 0. The van der Waals surface area contributed by atoms with Crippen LogP contribution in [0.1, 0.15) is 22.3 Å². The molecule has 9 aromatic carbocycles. The van der Waals surface area contributed by atoms with Crippen molar-refractivity contribution in [3.05, 3.63) is 241 Å². The molecule has 11 aromatic rings. The molecule has 0 radical (unpaired) electrons. The Hall–Kier alpha value is -7.88. The van der Waals surface area contributed by atoms with E-state index in [1.807, 2.05) is 12.1 Å². The van der Waals surface area contributed by atoms with E-state index in [0.29, 0.717) is 5.82 Å². The third-order valence-electron chi connectivity index (χ3n) is 12.4. The number of hydrogen-bond donors (Lipinski definition) is 0. The summed E-state index contributed by atoms with van der Waals surface area (Å²) in [5, 5.41) is 4.58. The normalized spacial score (nSPS) is 12.8. The van der Waals surface area contributed by atoms with Gasteiger partial charge in [-0.25, -0.2) is 9.97 Å². The fraction of sp³-hybridized carbons (Fsp3) is 0.0175. The van der Waals surface area contributed by atoms with Crippen LogP contribution in [0.4, 0.5) is 0 Å². The zero-order valence-electron chi connectivity index (χ0n) is 32.6. The lowest BCUT2D eigenvalue weighted by molar-refractivity contribution is 0.670. The monoisotopic (exact) mass is 764 g/mol. The standard InChI is InChI=1S/C57H36N2O/c1-3-17-42(18-4-1)57(43-19-5-2-6-20-43)49-26-11-9-22-47(49)54-48(25-14-27-50(54)57)52-36-51(58-56(59-52)41-34-29-37-15-7-8-16-40(37)35-41)39-32-30-38(31-33-39)44-23-13-24-46-45-21-10-12-28-53(45)60-55(44)46/h1-36H. The molecule has 3 nitrogen and oxygen atoms in total. The fourth-order valence-electron chi connectivity index (χ4n) is 9.69. The summed E-state index contributed by atoms with van der Waals surface area (Å²) in [6, 6.07) is 78.0. The molecule has 0 unspecified atom stereocenters. The molecule has 2 aromatic heterocycles. The number of furan rings is 1. The van der Waals surface area contributed by atoms with Crippen LogP contribution in [-0.2, 0) is 5.41 Å². The van der Waals surface area contributed by atoms with E-state index in [9.17, 15) is 0 Å². The summed E-state index contributed by atoms with van der Waals surface area (Å²) < 4.78 is 6.42. The van der Waals surface area contributed by atoms with Crippen LogP contribution in [0.5, 0.6) is 0 Å². The van der Waals surface area contributed by atoms with Gasteiger partial charge in [-0.1, -0.05) is 200 Å². The summed E-state index contributed by atoms with van der Waals surface area (Å²) in [5.74, 6) is 0.686. The maximum atomic E-state index is 6.42. The van der Waals surface area contributed by atoms with Crippen molar-refractivity contribution in [2.45, 2.75) is 5.41 Å². The van der Waals surface area contributed by atoms with Crippen LogP contribution in [0.3, 0.4) is 0 Å². The van der Waals surface area contributed by atoms with Gasteiger partial charge in [0.1, 0.15) is 11.2 Å². The third-order valence-corrected chi connectivity index (χ3v) is 12.4. The van der Waals surface area contributed by atoms with Gasteiger partial charge < -0.3 is 4.42 Å². The average molecular weight is 765 g/mol. The maximum absolute atomic E-state index is 6.42. The summed E-state index contributed by atoms with van der Waals surface area (Å²) in [5.41, 5.74) is 15.6. The third kappa shape index (κ3) is 5.23. The second kappa shape index (κ2) is 13.6. The zero-order valence-corrected chi connectivity index (χ0v) is 32.6. The van der Waals surface area contributed by atoms with Crippen LogP contribution in [0.2, 0.25) is 0 Å². The van der Waals surface area contributed by atoms with E-state index < -0.39 is 5.41 Å². The molecule has 280 valence electrons. The summed E-state index contributed by atoms with van der Waals surface area (Å²) in [6.07, 6.45) is 0. The predicted molar refractivity (Wildman–Crippen MR) is 246 cm³/mol. The van der Waals surface area contributed by atoms with Crippen molar-refractivity contribution in [1.29, 1.82) is 0 Å². The van der Waals surface area contributed by atoms with Gasteiger partial charge in [-0.05, 0) is 67.9 Å². The molecule has 3 heteroatoms. The highest BCUT2D eigenvalue weighted by atomic mass is 16.3. The second-order valence-electron chi connectivity index (χ2n) is 15.6. The topological polar surface area (TPSA) is 38.9 Å². The Balaban J connectivity index is 1.07. The lowest BCUT2D eigenvalue weighted by Gasteiger charge is -2.33. The van der Waals surface area contributed by atoms with E-state index in [4.69, 9.17) is 14.4 Å². The van der Waals surface area contributed by atoms with Gasteiger partial charge in [0, 0.05) is 33.0 Å². The highest BCUT2D eigenvalue weighted by Crippen LogP contribution is 2.58. The van der Waals surface area contributed by atoms with Crippen LogP contribution < -0.4 is 0 Å². The zero-order chi connectivity index (χ0) is 39.6. The van der Waals surface area contributed by atoms with Crippen LogP contribution in [0.15, 0.2) is 223 Å². The Morgan fingerprint density at radius 2 is 0.950 bits per heavy atom. The molecular formula is C57H36N2O. The Kier molecular flexibility index (Phi) is 7.76. The van der Waals surface area contributed by atoms with Crippen molar-refractivity contribution < 1.29 is 4.42 Å². The van der Waals surface area contributed by atoms with Crippen LogP contribution >= 0.6 is 0 Å². The predicted octanol–water partition coefficient (Wildman–Crippen LogP) is 14.6. The molecule has 0 aliphatic heterocycles. The van der Waals surface area contributed by atoms with E-state index >= 15 is 0 Å². The van der Waals surface area contributed by atoms with Gasteiger partial charge in [0.15, 0.2) is 5.82 Å². The molecule has 0 fully saturated rings. The molecule has 1 aliphatic carbocycles. The van der Waals surface area contributed by atoms with E-state index in [1.54, 1.807) is 0 Å². The van der Waals surface area contributed by atoms with E-state index in [-0.39, 0.29) is 0 Å². The SMILES string of the molecule is c1ccc(C2(c3ccccc3)c3ccccc3-c3c(-c4cc(-c5ccc(-c6cccc7c6oc6ccccc67)cc5)nc(-c5ccc6ccccc6c5)n4)cccc32)cc1. The minimum absolute atomic E-state index is 0.514. The molecule has 0 saturated heterocycles. The Morgan fingerprint density at radius 3 is 1.77 bits per heavy atom. The lowest BCUT2D eigenvalue weighted by atomic mass is 9.67. The lowest BCUT2D eigenvalue weighted by Crippen LogP contribution is -2.28. The van der Waals surface area contributed by atoms with Crippen molar-refractivity contribution in [1.82, 2.24) is 9.97 Å². The van der Waals surface area contributed by atoms with Gasteiger partial charge in [-0.2, -0.15) is 0 Å². The average Bonchev–Trinajstić information content (AvgIpc) is 3.86. The van der Waals surface area contributed by atoms with Gasteiger partial charge in [-0.15, -0.1) is 0 Å². The number of nitrogens with zero attached hydrogens (tertiary/aromatic N) is 2. The van der Waals surface area contributed by atoms with Gasteiger partial charge in [0.25, 0.3) is 0 Å². The number of hydrogen-bond acceptors (Lipinski definition) is 3. The maximum Gasteiger partial charge on any atom is 0.160 e. The van der Waals surface area contributed by atoms with Crippen LogP contribution in [-0.4, -0.2) is 9.97 Å². The van der Waals surface area contributed by atoms with Crippen molar-refractivity contribution in [2.24, 2.45) is 0 Å². The first-order valence-electron chi connectivity index (χ1n) is 20.5. The van der Waals surface area contributed by atoms with E-state index in [0.717, 1.165) is 66.5 Å². The highest BCUT2D eigenvalue weighted by Gasteiger charge is 2.46. The smallest absolute Gasteiger partial charge is 0.160 e. The largest absolute Gasteiger partial charge is 0.455 e. The summed E-state index contributed by atoms with van der Waals surface area (Å²) in [6.45, 7) is 0. The number of fused-ring (bicyclic) bond motifs is 7. The Morgan fingerprint density at radius 1 is 0.367 bits per heavy atom. The van der Waals surface area contributed by atoms with Crippen molar-refractivity contribution in [3.63, 3.8) is 0 Å². The number of aromatic nitrogens is 2. The summed E-state index contributed by atoms with van der Waals surface area (Å²) in [4.78, 5) is 10.8. The number of benzene rings is 9. The molecule has 0 bridgehead atoms. The van der Waals surface area contributed by atoms with E-state index in [2.05, 4.69) is 206 Å². The highest BCUT2D eigenvalue weighted by molar-refractivity contribution is 6.09. The first kappa shape index (κ1) is 34.2. The molecule has 0 spiro atoms. The molecule has 0 N–H and O–H groups in total. The molecule has 1 aliphatic rings. The molecule has 0 atom stereocenters. The quantitative estimate of drug-likeness (QED) is 0.169. The second-order valence-corrected chi connectivity index (χ2v) is 15.6. The van der Waals surface area contributed by atoms with Gasteiger partial charge >= 0.3 is 0 Å². The van der Waals surface area contributed by atoms with Crippen molar-refractivity contribution >= 4 is 32.7 Å². The van der Waals surface area contributed by atoms with Crippen LogP contribution in [0, 0.1) is 0 Å². The molecule has 0 amide bonds. The van der Waals surface area contributed by atoms with Gasteiger partial charge in [0.2, 0.25) is 0 Å². The van der Waals surface area contributed by atoms with Crippen LogP contribution in [0.25, 0.3) is 88.9 Å². The van der Waals surface area contributed by atoms with E-state index in [1.165, 1.54) is 38.8 Å². The molecule has 60 heavy (non-hydrogen) atoms. The Bertz CT molecular complexity index is 3380. The van der Waals surface area contributed by atoms with Crippen molar-refractivity contribution in [3.8, 4) is 56.2 Å². The molecule has 2 heterocycles. The van der Waals surface area contributed by atoms with Crippen molar-refractivity contribution in [2.75, 3.05) is 0 Å². The molecular weight excluding hydrogens is 729 g/mol. The minimum Gasteiger partial charge on any atom is -0.455 e. The fourth-order valence-corrected chi connectivity index (χ4v) is 9.69. The molecule has 0 saturated carbocycles. The summed E-state index contributed by atoms with van der Waals surface area (Å²) >= 11 is 0.